The summed E-state index contributed by atoms with van der Waals surface area (Å²) in [6.07, 6.45) is 2.51. The summed E-state index contributed by atoms with van der Waals surface area (Å²) in [5, 5.41) is 0.714. The molecule has 0 bridgehead atoms. The number of fused-ring (bicyclic) bond motifs is 2. The van der Waals surface area contributed by atoms with Crippen LogP contribution in [0.3, 0.4) is 0 Å². The third-order valence-electron chi connectivity index (χ3n) is 4.50. The third-order valence-corrected chi connectivity index (χ3v) is 5.65. The van der Waals surface area contributed by atoms with Crippen LogP contribution in [0.1, 0.15) is 11.1 Å². The van der Waals surface area contributed by atoms with E-state index in [1.165, 1.54) is 17.3 Å². The molecule has 0 fully saturated rings. The number of aryl methyl sites for hydroxylation is 1. The second-order valence-corrected chi connectivity index (χ2v) is 7.00. The molecule has 0 N–H and O–H groups in total. The Morgan fingerprint density at radius 1 is 1.35 bits per heavy atom. The van der Waals surface area contributed by atoms with Crippen LogP contribution in [0.15, 0.2) is 40.4 Å². The zero-order valence-electron chi connectivity index (χ0n) is 12.9. The van der Waals surface area contributed by atoms with Gasteiger partial charge in [-0.1, -0.05) is 30.0 Å². The summed E-state index contributed by atoms with van der Waals surface area (Å²) in [6, 6.07) is 8.05. The van der Waals surface area contributed by atoms with E-state index in [9.17, 15) is 9.59 Å². The van der Waals surface area contributed by atoms with Crippen molar-refractivity contribution in [3.05, 3.63) is 51.9 Å². The number of carbonyl (C=O) groups is 1. The van der Waals surface area contributed by atoms with Crippen LogP contribution < -0.4 is 10.5 Å². The minimum atomic E-state index is -0.181. The zero-order chi connectivity index (χ0) is 16.0. The van der Waals surface area contributed by atoms with Gasteiger partial charge in [0.05, 0.1) is 5.92 Å². The molecular formula is C17H17N3O2S. The number of carbonyl (C=O) groups excluding carboxylic acids is 1. The van der Waals surface area contributed by atoms with Crippen LogP contribution in [0.5, 0.6) is 0 Å². The predicted octanol–water partition coefficient (Wildman–Crippen LogP) is 1.86. The normalized spacial score (nSPS) is 19.3. The van der Waals surface area contributed by atoms with Gasteiger partial charge < -0.3 is 4.90 Å². The first kappa shape index (κ1) is 14.5. The summed E-state index contributed by atoms with van der Waals surface area (Å²) < 4.78 is 1.65. The highest BCUT2D eigenvalue weighted by Gasteiger charge is 2.33. The largest absolute Gasteiger partial charge is 0.311 e. The average molecular weight is 327 g/mol. The summed E-state index contributed by atoms with van der Waals surface area (Å²) in [5.41, 5.74) is 2.82. The second-order valence-electron chi connectivity index (χ2n) is 6.02. The zero-order valence-corrected chi connectivity index (χ0v) is 13.7. The van der Waals surface area contributed by atoms with Crippen LogP contribution >= 0.6 is 11.8 Å². The average Bonchev–Trinajstić information content (AvgIpc) is 3.01. The Morgan fingerprint density at radius 3 is 3.04 bits per heavy atom. The van der Waals surface area contributed by atoms with Gasteiger partial charge in [-0.15, -0.1) is 0 Å². The second kappa shape index (κ2) is 5.53. The van der Waals surface area contributed by atoms with Crippen molar-refractivity contribution < 1.29 is 4.79 Å². The molecule has 1 unspecified atom stereocenters. The summed E-state index contributed by atoms with van der Waals surface area (Å²) in [5.74, 6) is 0.606. The number of benzene rings is 1. The Kier molecular flexibility index (Phi) is 3.49. The lowest BCUT2D eigenvalue weighted by atomic mass is 10.1. The SMILES string of the molecule is Cc1cnc2n(c1=O)CC(C(=O)N1CCc3ccccc31)CS2. The van der Waals surface area contributed by atoms with Crippen molar-refractivity contribution in [2.45, 2.75) is 25.0 Å². The van der Waals surface area contributed by atoms with Crippen molar-refractivity contribution in [2.75, 3.05) is 17.2 Å². The van der Waals surface area contributed by atoms with Crippen molar-refractivity contribution in [2.24, 2.45) is 5.92 Å². The van der Waals surface area contributed by atoms with Gasteiger partial charge in [0.1, 0.15) is 0 Å². The molecule has 6 heteroatoms. The van der Waals surface area contributed by atoms with E-state index < -0.39 is 0 Å². The van der Waals surface area contributed by atoms with Gasteiger partial charge >= 0.3 is 0 Å². The summed E-state index contributed by atoms with van der Waals surface area (Å²) in [6.45, 7) is 2.91. The number of nitrogens with zero attached hydrogens (tertiary/aromatic N) is 3. The van der Waals surface area contributed by atoms with Crippen molar-refractivity contribution in [1.29, 1.82) is 0 Å². The highest BCUT2D eigenvalue weighted by Crippen LogP contribution is 2.32. The smallest absolute Gasteiger partial charge is 0.257 e. The number of thioether (sulfide) groups is 1. The van der Waals surface area contributed by atoms with Crippen molar-refractivity contribution in [1.82, 2.24) is 9.55 Å². The maximum absolute atomic E-state index is 12.9. The summed E-state index contributed by atoms with van der Waals surface area (Å²) >= 11 is 1.49. The fourth-order valence-electron chi connectivity index (χ4n) is 3.24. The summed E-state index contributed by atoms with van der Waals surface area (Å²) in [4.78, 5) is 31.4. The van der Waals surface area contributed by atoms with Gasteiger partial charge in [0, 0.05) is 36.3 Å². The highest BCUT2D eigenvalue weighted by molar-refractivity contribution is 7.99. The first-order chi connectivity index (χ1) is 11.1. The Labute approximate surface area is 138 Å². The van der Waals surface area contributed by atoms with E-state index in [4.69, 9.17) is 0 Å². The van der Waals surface area contributed by atoms with E-state index >= 15 is 0 Å². The maximum atomic E-state index is 12.9. The number of para-hydroxylation sites is 1. The monoisotopic (exact) mass is 327 g/mol. The predicted molar refractivity (Wildman–Crippen MR) is 89.9 cm³/mol. The Hall–Kier alpha value is -2.08. The topological polar surface area (TPSA) is 55.2 Å². The molecule has 2 aliphatic rings. The van der Waals surface area contributed by atoms with E-state index in [-0.39, 0.29) is 17.4 Å². The van der Waals surface area contributed by atoms with Crippen LogP contribution in [-0.2, 0) is 17.8 Å². The van der Waals surface area contributed by atoms with E-state index in [1.807, 2.05) is 23.1 Å². The molecule has 1 aromatic heterocycles. The van der Waals surface area contributed by atoms with Crippen LogP contribution in [0.4, 0.5) is 5.69 Å². The number of aromatic nitrogens is 2. The molecule has 0 spiro atoms. The molecule has 2 aromatic rings. The molecule has 2 aliphatic heterocycles. The standard InChI is InChI=1S/C17H17N3O2S/c1-11-8-18-17-20(15(11)21)9-13(10-23-17)16(22)19-7-6-12-4-2-3-5-14(12)19/h2-5,8,13H,6-7,9-10H2,1H3. The molecule has 23 heavy (non-hydrogen) atoms. The molecule has 1 atom stereocenters. The van der Waals surface area contributed by atoms with Gasteiger partial charge in [-0.05, 0) is 25.0 Å². The molecular weight excluding hydrogens is 310 g/mol. The molecule has 4 rings (SSSR count). The fraction of sp³-hybridized carbons (Fsp3) is 0.353. The van der Waals surface area contributed by atoms with Gasteiger partial charge in [-0.3, -0.25) is 14.2 Å². The number of rotatable bonds is 1. The maximum Gasteiger partial charge on any atom is 0.257 e. The van der Waals surface area contributed by atoms with Crippen molar-refractivity contribution in [3.63, 3.8) is 0 Å². The van der Waals surface area contributed by atoms with Gasteiger partial charge in [-0.2, -0.15) is 0 Å². The Morgan fingerprint density at radius 2 is 2.17 bits per heavy atom. The molecule has 1 aromatic carbocycles. The molecule has 0 aliphatic carbocycles. The lowest BCUT2D eigenvalue weighted by Crippen LogP contribution is -2.42. The summed E-state index contributed by atoms with van der Waals surface area (Å²) in [7, 11) is 0. The number of hydrogen-bond donors (Lipinski definition) is 0. The van der Waals surface area contributed by atoms with Crippen molar-refractivity contribution in [3.8, 4) is 0 Å². The van der Waals surface area contributed by atoms with Crippen LogP contribution in [0.2, 0.25) is 0 Å². The fourth-order valence-corrected chi connectivity index (χ4v) is 4.28. The minimum absolute atomic E-state index is 0.0400. The minimum Gasteiger partial charge on any atom is -0.311 e. The van der Waals surface area contributed by atoms with E-state index in [1.54, 1.807) is 17.7 Å². The number of anilines is 1. The van der Waals surface area contributed by atoms with Gasteiger partial charge in [0.25, 0.3) is 5.56 Å². The number of hydrogen-bond acceptors (Lipinski definition) is 4. The van der Waals surface area contributed by atoms with E-state index in [2.05, 4.69) is 11.1 Å². The first-order valence-corrected chi connectivity index (χ1v) is 8.72. The van der Waals surface area contributed by atoms with Crippen LogP contribution in [-0.4, -0.2) is 27.8 Å². The van der Waals surface area contributed by atoms with Gasteiger partial charge in [-0.25, -0.2) is 4.98 Å². The molecule has 0 saturated heterocycles. The van der Waals surface area contributed by atoms with Gasteiger partial charge in [0.2, 0.25) is 5.91 Å². The lowest BCUT2D eigenvalue weighted by Gasteiger charge is -2.28. The quantitative estimate of drug-likeness (QED) is 0.750. The third kappa shape index (κ3) is 2.37. The molecule has 118 valence electrons. The first-order valence-electron chi connectivity index (χ1n) is 7.73. The Bertz CT molecular complexity index is 846. The Balaban J connectivity index is 1.62. The van der Waals surface area contributed by atoms with E-state index in [0.717, 1.165) is 18.7 Å². The highest BCUT2D eigenvalue weighted by atomic mass is 32.2. The molecule has 1 amide bonds. The van der Waals surface area contributed by atoms with Gasteiger partial charge in [0.15, 0.2) is 5.16 Å². The van der Waals surface area contributed by atoms with Crippen LogP contribution in [0.25, 0.3) is 0 Å². The molecule has 0 radical (unpaired) electrons. The number of amides is 1. The van der Waals surface area contributed by atoms with Crippen LogP contribution in [0, 0.1) is 12.8 Å². The van der Waals surface area contributed by atoms with Crippen molar-refractivity contribution >= 4 is 23.4 Å². The lowest BCUT2D eigenvalue weighted by molar-refractivity contribution is -0.122. The molecule has 5 nitrogen and oxygen atoms in total. The van der Waals surface area contributed by atoms with E-state index in [0.29, 0.717) is 23.0 Å². The molecule has 3 heterocycles. The molecule has 0 saturated carbocycles.